The third kappa shape index (κ3) is 50.4. The minimum Gasteiger partial charge on any atom is -0.491 e. The molecular formula is C118H106O23. The molecule has 0 aromatic heterocycles. The van der Waals surface area contributed by atoms with Crippen molar-refractivity contribution in [1.82, 2.24) is 0 Å². The van der Waals surface area contributed by atoms with Gasteiger partial charge in [0.05, 0.1) is 83.9 Å². The van der Waals surface area contributed by atoms with Crippen LogP contribution in [0.2, 0.25) is 0 Å². The van der Waals surface area contributed by atoms with E-state index >= 15 is 0 Å². The zero-order chi connectivity index (χ0) is 98.2. The monoisotopic (exact) mass is 1890 g/mol. The summed E-state index contributed by atoms with van der Waals surface area (Å²) in [6, 6.07) is 35.1. The van der Waals surface area contributed by atoms with Gasteiger partial charge in [0.15, 0.2) is 5.57 Å². The number of carbonyl (C=O) groups excluding carboxylic acids is 4. The van der Waals surface area contributed by atoms with Crippen LogP contribution in [0.25, 0.3) is 0 Å². The van der Waals surface area contributed by atoms with Crippen molar-refractivity contribution in [2.24, 2.45) is 0 Å². The fourth-order valence-corrected chi connectivity index (χ4v) is 12.1. The van der Waals surface area contributed by atoms with Crippen LogP contribution in [-0.2, 0) is 131 Å². The lowest BCUT2D eigenvalue weighted by molar-refractivity contribution is -0.155. The molecule has 0 N–H and O–H groups in total. The minimum atomic E-state index is -0.997. The Morgan fingerprint density at radius 3 is 1.09 bits per heavy atom. The summed E-state index contributed by atoms with van der Waals surface area (Å²) in [6.45, 7) is 19.0. The number of allylic oxidation sites excluding steroid dienone is 4. The predicted molar refractivity (Wildman–Crippen MR) is 514 cm³/mol. The van der Waals surface area contributed by atoms with Gasteiger partial charge in [0.25, 0.3) is 0 Å². The molecule has 10 heterocycles. The normalized spacial score (nSPS) is 18.2. The van der Waals surface area contributed by atoms with E-state index in [1.807, 2.05) is 6.07 Å². The third-order valence-electron chi connectivity index (χ3n) is 20.0. The molecule has 5 aromatic rings. The van der Waals surface area contributed by atoms with Gasteiger partial charge in [-0.3, -0.25) is 9.59 Å². The molecule has 10 atom stereocenters. The van der Waals surface area contributed by atoms with Crippen molar-refractivity contribution in [2.75, 3.05) is 106 Å². The van der Waals surface area contributed by atoms with Gasteiger partial charge in [-0.15, -0.1) is 0 Å². The maximum Gasteiger partial charge on any atom is 0.354 e. The summed E-state index contributed by atoms with van der Waals surface area (Å²) in [7, 11) is 0. The molecule has 0 aliphatic carbocycles. The largest absolute Gasteiger partial charge is 0.491 e. The van der Waals surface area contributed by atoms with Gasteiger partial charge < -0.3 is 90.0 Å². The number of esters is 4. The molecule has 10 fully saturated rings. The highest BCUT2D eigenvalue weighted by Crippen LogP contribution is 2.35. The predicted octanol–water partition coefficient (Wildman–Crippen LogP) is 16.9. The van der Waals surface area contributed by atoms with Crippen LogP contribution in [0.1, 0.15) is 110 Å². The Labute approximate surface area is 821 Å². The first-order valence-corrected chi connectivity index (χ1v) is 46.5. The Balaban J connectivity index is 0.000000197. The van der Waals surface area contributed by atoms with Gasteiger partial charge in [-0.05, 0) is 212 Å². The van der Waals surface area contributed by atoms with Crippen LogP contribution < -0.4 is 23.7 Å². The van der Waals surface area contributed by atoms with Crippen LogP contribution in [-0.4, -0.2) is 191 Å². The van der Waals surface area contributed by atoms with Crippen LogP contribution in [0.4, 0.5) is 0 Å². The Morgan fingerprint density at radius 2 is 0.702 bits per heavy atom. The van der Waals surface area contributed by atoms with E-state index in [9.17, 15) is 19.2 Å². The van der Waals surface area contributed by atoms with E-state index < -0.39 is 29.5 Å². The molecule has 10 saturated heterocycles. The maximum atomic E-state index is 13.1. The highest BCUT2D eigenvalue weighted by Gasteiger charge is 2.34. The van der Waals surface area contributed by atoms with Gasteiger partial charge in [-0.2, -0.15) is 0 Å². The molecule has 0 saturated carbocycles. The second kappa shape index (κ2) is 63.8. The average molecular weight is 1890 g/mol. The van der Waals surface area contributed by atoms with E-state index in [0.717, 1.165) is 95.4 Å². The molecule has 0 bridgehead atoms. The summed E-state index contributed by atoms with van der Waals surface area (Å²) in [5.41, 5.74) is 86.4. The molecule has 23 heteroatoms. The van der Waals surface area contributed by atoms with Crippen LogP contribution in [0.15, 0.2) is 342 Å². The number of hydrogen-bond donors (Lipinski definition) is 0. The Bertz CT molecular complexity index is 6420. The number of rotatable bonds is 46. The number of unbranched alkanes of at least 4 members (excludes halogenated alkanes) is 6. The number of hydrogen-bond acceptors (Lipinski definition) is 23. The summed E-state index contributed by atoms with van der Waals surface area (Å²) in [6.07, 6.45) is 28.8. The summed E-state index contributed by atoms with van der Waals surface area (Å²) < 4.78 is 101. The van der Waals surface area contributed by atoms with Crippen LogP contribution in [0, 0.1) is 0 Å². The van der Waals surface area contributed by atoms with E-state index in [1.165, 1.54) is 79.2 Å². The maximum absolute atomic E-state index is 13.1. The van der Waals surface area contributed by atoms with Crippen molar-refractivity contribution < 1.29 is 109 Å². The van der Waals surface area contributed by atoms with E-state index in [4.69, 9.17) is 90.0 Å². The fourth-order valence-electron chi connectivity index (χ4n) is 12.1. The van der Waals surface area contributed by atoms with Crippen LogP contribution >= 0.6 is 0 Å². The topological polar surface area (TPSA) is 277 Å². The number of ether oxygens (including phenoxy) is 19. The molecule has 10 unspecified atom stereocenters. The first-order chi connectivity index (χ1) is 69.5. The van der Waals surface area contributed by atoms with Crippen molar-refractivity contribution in [3.63, 3.8) is 0 Å². The van der Waals surface area contributed by atoms with Crippen molar-refractivity contribution in [3.05, 3.63) is 381 Å². The SMILES string of the molecule is C=C=C=C=C=C=C=C=C=C=C=C=C=C=C=C=C=C=C=C=C=C=C=C=C=C=C=C=C=C=C=C=C=C(C(=O)OCc1cccc(OCC2CO2)c1)C(=O)OCc1cccc(OCC2CO2)c1.C=CCOc1c(CC2CO2)cccc1CC1CO1.CCC/C=C/C/C=C/CCCCCCCc1ccccc1OC1CO1.O=C(CC(=O)OCC1CO1)OCC1CO1.c1cc(CC2CO2)c(OCC2CO2)c(CC2CO2)c1. The zero-order valence-electron chi connectivity index (χ0n) is 78.7. The van der Waals surface area contributed by atoms with Gasteiger partial charge in [0.1, 0.15) is 125 Å². The van der Waals surface area contributed by atoms with E-state index in [2.05, 4.69) is 282 Å². The molecule has 23 nitrogen and oxygen atoms in total. The van der Waals surface area contributed by atoms with E-state index in [1.54, 1.807) is 54.6 Å². The number of para-hydroxylation sites is 3. The van der Waals surface area contributed by atoms with Crippen molar-refractivity contribution >= 4 is 23.9 Å². The second-order valence-corrected chi connectivity index (χ2v) is 31.9. The smallest absolute Gasteiger partial charge is 0.354 e. The quantitative estimate of drug-likeness (QED) is 0.00403. The highest BCUT2D eigenvalue weighted by atomic mass is 16.8. The Hall–Kier alpha value is -15.5. The zero-order valence-corrected chi connectivity index (χ0v) is 78.7. The summed E-state index contributed by atoms with van der Waals surface area (Å²) in [5, 5.41) is 0. The lowest BCUT2D eigenvalue weighted by atomic mass is 10.0. The molecule has 0 radical (unpaired) electrons. The van der Waals surface area contributed by atoms with E-state index in [0.29, 0.717) is 99.9 Å². The summed E-state index contributed by atoms with van der Waals surface area (Å²) in [5.74, 6) is 1.06. The first kappa shape index (κ1) is 106. The standard InChI is InChI=1S/C56H24O8.C23H34O2.C15H18O4.C15H18O3.C9H12O6/c1-2-3-4-5-6-7-8-9-10-11-12-13-14-15-16-17-18-19-20-21-22-23-24-25-26-27-28-29-30-31-32-39-54(55(57)63-42-48-35-33-37-50(40-48)59-44-52-46-61-52)56(58)64-43-49-36-34-38-51(41-49)60-45-53-47-62-53;1-2-3-4-5-6-7-8-9-10-11-12-13-14-17-21-18-15-16-19-22(21)25-23-20-24-23;1-2-10(4-12-6-16-12)15(19-9-14-8-18-14)11(3-1)5-13-7-17-13;1-2-6-16-15-11(7-13-9-17-13)4-3-5-12(15)8-14-10-18-14;10-8(14-4-6-2-12-6)1-9(11)15-5-7-3-13-7/h33-38,40-41,52-53H,1,42-47H2;4-5,7-8,15-16,18-19,23H,2-3,6,9-14,17,20H2,1H3;1-3,12-14H,4-9H2;2-5,13-14H,1,6-10H2;6-7H,1-5H2/b;5-4+,8-7+;;;. The van der Waals surface area contributed by atoms with E-state index in [-0.39, 0.29) is 69.7 Å². The number of benzene rings is 5. The van der Waals surface area contributed by atoms with Crippen molar-refractivity contribution in [1.29, 1.82) is 0 Å². The summed E-state index contributed by atoms with van der Waals surface area (Å²) in [4.78, 5) is 48.2. The Kier molecular flexibility index (Phi) is 48.0. The fraction of sp³-hybridized carbons (Fsp3) is 0.373. The number of aryl methyl sites for hydroxylation is 1. The lowest BCUT2D eigenvalue weighted by Gasteiger charge is -2.14. The molecule has 5 aromatic carbocycles. The lowest BCUT2D eigenvalue weighted by Crippen LogP contribution is -2.18. The first-order valence-electron chi connectivity index (χ1n) is 46.5. The number of epoxide rings is 10. The van der Waals surface area contributed by atoms with Gasteiger partial charge in [-0.25, -0.2) is 9.59 Å². The second-order valence-electron chi connectivity index (χ2n) is 31.9. The molecule has 141 heavy (non-hydrogen) atoms. The molecule has 0 spiro atoms. The molecular weight excluding hydrogens is 1790 g/mol. The molecule has 10 aliphatic rings. The molecule has 15 rings (SSSR count). The molecule has 10 aliphatic heterocycles. The average Bonchev–Trinajstić information content (AvgIpc) is 1.64. The third-order valence-corrected chi connectivity index (χ3v) is 20.0. The molecule has 716 valence electrons. The Morgan fingerprint density at radius 1 is 0.355 bits per heavy atom. The summed E-state index contributed by atoms with van der Waals surface area (Å²) >= 11 is 0. The van der Waals surface area contributed by atoms with Crippen LogP contribution in [0.5, 0.6) is 28.7 Å². The molecule has 0 amide bonds. The van der Waals surface area contributed by atoms with Crippen molar-refractivity contribution in [3.8, 4) is 28.7 Å². The van der Waals surface area contributed by atoms with Gasteiger partial charge >= 0.3 is 23.9 Å². The van der Waals surface area contributed by atoms with Gasteiger partial charge in [0, 0.05) is 106 Å². The van der Waals surface area contributed by atoms with Gasteiger partial charge in [-0.1, -0.05) is 154 Å². The number of carbonyl (C=O) groups is 4. The van der Waals surface area contributed by atoms with Gasteiger partial charge in [0.2, 0.25) is 6.29 Å². The highest BCUT2D eigenvalue weighted by molar-refractivity contribution is 6.13. The van der Waals surface area contributed by atoms with Crippen molar-refractivity contribution in [2.45, 2.75) is 178 Å². The van der Waals surface area contributed by atoms with Crippen LogP contribution in [0.3, 0.4) is 0 Å². The minimum absolute atomic E-state index is 0.00339.